The van der Waals surface area contributed by atoms with Crippen molar-refractivity contribution in [2.45, 2.75) is 64.1 Å². The van der Waals surface area contributed by atoms with Gasteiger partial charge in [-0.3, -0.25) is 4.79 Å². The van der Waals surface area contributed by atoms with E-state index in [-0.39, 0.29) is 17.1 Å². The first-order chi connectivity index (χ1) is 10.3. The molecule has 122 valence electrons. The molecule has 3 fully saturated rings. The van der Waals surface area contributed by atoms with Gasteiger partial charge in [0.15, 0.2) is 5.78 Å². The summed E-state index contributed by atoms with van der Waals surface area (Å²) in [6.07, 6.45) is 9.25. The molecular weight excluding hydrogens is 276 g/mol. The van der Waals surface area contributed by atoms with Crippen molar-refractivity contribution in [3.63, 3.8) is 0 Å². The lowest BCUT2D eigenvalue weighted by Crippen LogP contribution is -2.53. The largest absolute Gasteiger partial charge is 0.390 e. The van der Waals surface area contributed by atoms with E-state index in [2.05, 4.69) is 13.0 Å². The molecule has 0 amide bonds. The third-order valence-electron chi connectivity index (χ3n) is 8.06. The highest BCUT2D eigenvalue weighted by atomic mass is 16.3. The maximum absolute atomic E-state index is 11.8. The summed E-state index contributed by atoms with van der Waals surface area (Å²) in [5, 5.41) is 21.1. The molecular formula is C19H28O3. The summed E-state index contributed by atoms with van der Waals surface area (Å²) < 4.78 is 0. The molecule has 4 aliphatic rings. The maximum Gasteiger partial charge on any atom is 0.184 e. The first kappa shape index (κ1) is 14.9. The molecule has 2 N–H and O–H groups in total. The van der Waals surface area contributed by atoms with Gasteiger partial charge >= 0.3 is 0 Å². The molecule has 8 atom stereocenters. The number of fused-ring (bicyclic) bond motifs is 5. The molecule has 2 unspecified atom stereocenters. The first-order valence-corrected chi connectivity index (χ1v) is 8.98. The lowest BCUT2D eigenvalue weighted by Gasteiger charge is -2.56. The number of carbonyl (C=O) groups is 1. The van der Waals surface area contributed by atoms with Crippen LogP contribution in [0.1, 0.15) is 52.4 Å². The summed E-state index contributed by atoms with van der Waals surface area (Å²) in [5.74, 6) is 2.23. The van der Waals surface area contributed by atoms with Crippen molar-refractivity contribution in [1.29, 1.82) is 0 Å². The van der Waals surface area contributed by atoms with E-state index in [9.17, 15) is 15.0 Å². The monoisotopic (exact) mass is 304 g/mol. The number of hydrogen-bond donors (Lipinski definition) is 2. The Morgan fingerprint density at radius 3 is 2.55 bits per heavy atom. The van der Waals surface area contributed by atoms with Gasteiger partial charge in [-0.15, -0.1) is 0 Å². The summed E-state index contributed by atoms with van der Waals surface area (Å²) in [6, 6.07) is 0. The number of carbonyl (C=O) groups excluding carboxylic acids is 1. The number of aliphatic hydroxyl groups is 2. The lowest BCUT2D eigenvalue weighted by atomic mass is 9.50. The van der Waals surface area contributed by atoms with Crippen LogP contribution < -0.4 is 0 Å². The number of allylic oxidation sites excluding steroid dienone is 1. The van der Waals surface area contributed by atoms with Crippen molar-refractivity contribution in [2.75, 3.05) is 0 Å². The molecule has 0 aromatic rings. The summed E-state index contributed by atoms with van der Waals surface area (Å²) in [4.78, 5) is 11.8. The van der Waals surface area contributed by atoms with E-state index in [1.807, 2.05) is 6.92 Å². The summed E-state index contributed by atoms with van der Waals surface area (Å²) >= 11 is 0. The molecule has 4 aliphatic carbocycles. The molecule has 0 aliphatic heterocycles. The smallest absolute Gasteiger partial charge is 0.184 e. The van der Waals surface area contributed by atoms with Crippen molar-refractivity contribution < 1.29 is 15.0 Å². The topological polar surface area (TPSA) is 57.5 Å². The number of ketones is 1. The van der Waals surface area contributed by atoms with Crippen LogP contribution in [0.2, 0.25) is 0 Å². The summed E-state index contributed by atoms with van der Waals surface area (Å²) in [7, 11) is 0. The van der Waals surface area contributed by atoms with Crippen molar-refractivity contribution >= 4 is 5.78 Å². The van der Waals surface area contributed by atoms with Crippen LogP contribution in [-0.2, 0) is 4.79 Å². The number of rotatable bonds is 0. The highest BCUT2D eigenvalue weighted by molar-refractivity contribution is 5.94. The van der Waals surface area contributed by atoms with Crippen molar-refractivity contribution in [2.24, 2.45) is 35.0 Å². The molecule has 0 aromatic carbocycles. The van der Waals surface area contributed by atoms with Crippen LogP contribution in [0.25, 0.3) is 0 Å². The van der Waals surface area contributed by atoms with Gasteiger partial charge in [-0.1, -0.05) is 13.0 Å². The second kappa shape index (κ2) is 4.67. The zero-order valence-electron chi connectivity index (χ0n) is 13.7. The molecule has 0 spiro atoms. The SMILES string of the molecule is C[C@]1(O)CC[C@H]2[C@@H]3CCC4C(O)C(=O)C=C[C@@H]4[C@H]3CC[C@@]21C. The highest BCUT2D eigenvalue weighted by Crippen LogP contribution is 2.64. The second-order valence-electron chi connectivity index (χ2n) is 8.73. The van der Waals surface area contributed by atoms with Crippen LogP contribution in [0, 0.1) is 35.0 Å². The van der Waals surface area contributed by atoms with E-state index >= 15 is 0 Å². The Labute approximate surface area is 132 Å². The van der Waals surface area contributed by atoms with Gasteiger partial charge < -0.3 is 10.2 Å². The van der Waals surface area contributed by atoms with Gasteiger partial charge in [0, 0.05) is 0 Å². The van der Waals surface area contributed by atoms with E-state index < -0.39 is 11.7 Å². The van der Waals surface area contributed by atoms with Crippen molar-refractivity contribution in [1.82, 2.24) is 0 Å². The number of aliphatic hydroxyl groups excluding tert-OH is 1. The van der Waals surface area contributed by atoms with Gasteiger partial charge in [0.05, 0.1) is 5.60 Å². The first-order valence-electron chi connectivity index (χ1n) is 8.98. The number of hydrogen-bond acceptors (Lipinski definition) is 3. The molecule has 4 rings (SSSR count). The fourth-order valence-electron chi connectivity index (χ4n) is 6.52. The van der Waals surface area contributed by atoms with Crippen LogP contribution >= 0.6 is 0 Å². The van der Waals surface area contributed by atoms with E-state index in [0.717, 1.165) is 38.5 Å². The molecule has 3 heteroatoms. The van der Waals surface area contributed by atoms with Crippen LogP contribution in [-0.4, -0.2) is 27.7 Å². The fraction of sp³-hybridized carbons (Fsp3) is 0.842. The third-order valence-corrected chi connectivity index (χ3v) is 8.06. The predicted molar refractivity (Wildman–Crippen MR) is 84.0 cm³/mol. The average molecular weight is 304 g/mol. The molecule has 3 nitrogen and oxygen atoms in total. The standard InChI is InChI=1S/C19H28O3/c1-18-9-7-12-11-5-6-16(20)17(21)14(11)4-3-13(12)15(18)8-10-19(18,2)22/h5-6,11-15,17,21-22H,3-4,7-10H2,1-2H3/t11-,12-,13-,14?,15+,17?,18+,19+/m1/s1. The fourth-order valence-corrected chi connectivity index (χ4v) is 6.52. The van der Waals surface area contributed by atoms with Gasteiger partial charge in [0.25, 0.3) is 0 Å². The van der Waals surface area contributed by atoms with Gasteiger partial charge in [0.1, 0.15) is 6.10 Å². The Morgan fingerprint density at radius 2 is 1.77 bits per heavy atom. The van der Waals surface area contributed by atoms with Crippen LogP contribution in [0.15, 0.2) is 12.2 Å². The Balaban J connectivity index is 1.64. The van der Waals surface area contributed by atoms with Gasteiger partial charge in [0.2, 0.25) is 0 Å². The zero-order chi connectivity index (χ0) is 15.7. The van der Waals surface area contributed by atoms with E-state index in [0.29, 0.717) is 23.7 Å². The third kappa shape index (κ3) is 1.78. The second-order valence-corrected chi connectivity index (χ2v) is 8.73. The quantitative estimate of drug-likeness (QED) is 0.723. The van der Waals surface area contributed by atoms with Crippen molar-refractivity contribution in [3.8, 4) is 0 Å². The molecule has 0 saturated heterocycles. The minimum absolute atomic E-state index is 0.0494. The minimum Gasteiger partial charge on any atom is -0.390 e. The van der Waals surface area contributed by atoms with Crippen molar-refractivity contribution in [3.05, 3.63) is 12.2 Å². The summed E-state index contributed by atoms with van der Waals surface area (Å²) in [6.45, 7) is 4.32. The Bertz CT molecular complexity index is 523. The molecule has 0 aromatic heterocycles. The Morgan fingerprint density at radius 1 is 1.05 bits per heavy atom. The zero-order valence-corrected chi connectivity index (χ0v) is 13.7. The molecule has 0 bridgehead atoms. The molecule has 0 radical (unpaired) electrons. The molecule has 22 heavy (non-hydrogen) atoms. The lowest BCUT2D eigenvalue weighted by molar-refractivity contribution is -0.137. The van der Waals surface area contributed by atoms with Crippen LogP contribution in [0.4, 0.5) is 0 Å². The van der Waals surface area contributed by atoms with Crippen LogP contribution in [0.5, 0.6) is 0 Å². The molecule has 3 saturated carbocycles. The normalized spacial score (nSPS) is 57.2. The van der Waals surface area contributed by atoms with Gasteiger partial charge in [-0.05, 0) is 86.5 Å². The van der Waals surface area contributed by atoms with E-state index in [1.165, 1.54) is 0 Å². The predicted octanol–water partition coefficient (Wildman–Crippen LogP) is 2.71. The van der Waals surface area contributed by atoms with E-state index in [1.54, 1.807) is 6.08 Å². The Hall–Kier alpha value is -0.670. The Kier molecular flexibility index (Phi) is 3.16. The van der Waals surface area contributed by atoms with Gasteiger partial charge in [-0.25, -0.2) is 0 Å². The highest BCUT2D eigenvalue weighted by Gasteiger charge is 2.61. The maximum atomic E-state index is 11.8. The van der Waals surface area contributed by atoms with Gasteiger partial charge in [-0.2, -0.15) is 0 Å². The van der Waals surface area contributed by atoms with E-state index in [4.69, 9.17) is 0 Å². The summed E-state index contributed by atoms with van der Waals surface area (Å²) in [5.41, 5.74) is -0.481. The average Bonchev–Trinajstić information content (AvgIpc) is 2.73. The molecule has 0 heterocycles. The van der Waals surface area contributed by atoms with Crippen LogP contribution in [0.3, 0.4) is 0 Å². The minimum atomic E-state index is -0.782.